The summed E-state index contributed by atoms with van der Waals surface area (Å²) in [6.45, 7) is 21.5. The molecule has 101 heavy (non-hydrogen) atoms. The van der Waals surface area contributed by atoms with Crippen LogP contribution >= 0.6 is 23.2 Å². The number of benzene rings is 7. The summed E-state index contributed by atoms with van der Waals surface area (Å²) in [4.78, 5) is 46.6. The van der Waals surface area contributed by atoms with Gasteiger partial charge in [0.05, 0.1) is 16.7 Å². The quantitative estimate of drug-likeness (QED) is 0.0450. The number of nitrogens with zero attached hydrogens (tertiary/aromatic N) is 6. The van der Waals surface area contributed by atoms with Gasteiger partial charge in [-0.25, -0.2) is 0 Å². The Morgan fingerprint density at radius 2 is 0.782 bits per heavy atom. The molecule has 0 radical (unpaired) electrons. The second kappa shape index (κ2) is 38.3. The van der Waals surface area contributed by atoms with Gasteiger partial charge in [0.1, 0.15) is 0 Å². The zero-order valence-corrected chi connectivity index (χ0v) is 61.5. The molecule has 7 aromatic carbocycles. The first kappa shape index (κ1) is 74.2. The van der Waals surface area contributed by atoms with E-state index in [1.165, 1.54) is 121 Å². The lowest BCUT2D eigenvalue weighted by atomic mass is 9.90. The molecule has 0 atom stereocenters. The number of amides is 3. The third kappa shape index (κ3) is 21.8. The van der Waals surface area contributed by atoms with Gasteiger partial charge in [0.2, 0.25) is 0 Å². The van der Waals surface area contributed by atoms with Crippen LogP contribution in [0.4, 0.5) is 0 Å². The second-order valence-electron chi connectivity index (χ2n) is 28.9. The Labute approximate surface area is 610 Å². The lowest BCUT2D eigenvalue weighted by molar-refractivity contribution is 0.0943. The number of piperidine rings is 3. The molecular formula is C87H107Cl2N9O3. The first-order valence-corrected chi connectivity index (χ1v) is 38.5. The molecule has 3 N–H and O–H groups in total. The molecule has 0 unspecified atom stereocenters. The van der Waals surface area contributed by atoms with Gasteiger partial charge in [-0.2, -0.15) is 0 Å². The number of nitrogens with one attached hydrogen (secondary N) is 3. The number of hydrogen-bond donors (Lipinski definition) is 3. The summed E-state index contributed by atoms with van der Waals surface area (Å²) in [5, 5.41) is 13.6. The summed E-state index contributed by atoms with van der Waals surface area (Å²) in [7, 11) is 0. The molecule has 12 nitrogen and oxygen atoms in total. The highest BCUT2D eigenvalue weighted by atomic mass is 35.5. The number of rotatable bonds is 28. The largest absolute Gasteiger partial charge is 0.352 e. The van der Waals surface area contributed by atoms with Crippen LogP contribution in [0.1, 0.15) is 151 Å². The van der Waals surface area contributed by atoms with E-state index in [0.29, 0.717) is 35.6 Å². The summed E-state index contributed by atoms with van der Waals surface area (Å²) < 4.78 is 6.75. The molecule has 0 spiro atoms. The van der Waals surface area contributed by atoms with E-state index >= 15 is 0 Å². The van der Waals surface area contributed by atoms with Crippen molar-refractivity contribution >= 4 is 73.6 Å². The van der Waals surface area contributed by atoms with Gasteiger partial charge in [-0.1, -0.05) is 209 Å². The first-order chi connectivity index (χ1) is 49.4. The maximum Gasteiger partial charge on any atom is 0.253 e. The molecule has 0 saturated carbocycles. The summed E-state index contributed by atoms with van der Waals surface area (Å²) >= 11 is 12.2. The molecule has 3 aromatic heterocycles. The number of carbonyl (C=O) groups is 3. The van der Waals surface area contributed by atoms with Crippen LogP contribution in [-0.2, 0) is 45.6 Å². The normalized spacial score (nSPS) is 15.1. The van der Waals surface area contributed by atoms with Crippen molar-refractivity contribution in [2.24, 2.45) is 23.7 Å². The molecule has 3 amide bonds. The number of unbranched alkanes of at least 4 members (excludes halogenated alkanes) is 1. The average Bonchev–Trinajstić information content (AvgIpc) is 1.67. The van der Waals surface area contributed by atoms with E-state index in [4.69, 9.17) is 23.2 Å². The summed E-state index contributed by atoms with van der Waals surface area (Å²) in [6.07, 6.45) is 23.7. The van der Waals surface area contributed by atoms with Crippen LogP contribution in [0.3, 0.4) is 0 Å². The fraction of sp³-hybridized carbons (Fsp3) is 0.414. The lowest BCUT2D eigenvalue weighted by Crippen LogP contribution is -2.35. The van der Waals surface area contributed by atoms with Gasteiger partial charge in [-0.05, 0) is 212 Å². The van der Waals surface area contributed by atoms with Crippen LogP contribution in [0, 0.1) is 23.7 Å². The number of likely N-dealkylation sites (tertiary alicyclic amines) is 3. The molecule has 3 aliphatic rings. The topological polar surface area (TPSA) is 112 Å². The number of aromatic nitrogens is 3. The Kier molecular flexibility index (Phi) is 28.2. The van der Waals surface area contributed by atoms with Gasteiger partial charge in [0, 0.05) is 101 Å². The standard InChI is InChI=1S/C31H34ClN3O.C28H36ClN3O.C28H37N3O/c32-27-13-11-26(12-14-27)22-33-31(36)29-23-35(30-10-5-4-9-28(29)30)18-6-17-34-19-15-25(16-20-34)21-24-7-2-1-3-8-24;1-2-3-9-22-14-18-31(19-15-22)16-8-17-32-21-25(24-11-5-7-13-27(24)32)28(33)30-20-23-10-4-6-12-26(23)29;1-22(2)20-29-28(32)26-21-31(27-12-7-6-11-25(26)27)16-8-15-30-17-13-24(14-18-30)19-23-9-4-3-5-10-23/h1-5,7-14,23,25H,6,15-22H2,(H,33,36);4-7,10-13,21-22H,2-3,8-9,14-20H2,1H3,(H,30,33);3-7,9-12,21-22,24H,8,13-20H2,1-2H3,(H,29,32). The van der Waals surface area contributed by atoms with Crippen LogP contribution in [0.5, 0.6) is 0 Å². The first-order valence-electron chi connectivity index (χ1n) is 37.7. The highest BCUT2D eigenvalue weighted by molar-refractivity contribution is 6.31. The zero-order chi connectivity index (χ0) is 70.1. The Hall–Kier alpha value is -7.97. The van der Waals surface area contributed by atoms with E-state index in [1.807, 2.05) is 110 Å². The Bertz CT molecular complexity index is 4180. The van der Waals surface area contributed by atoms with Crippen molar-refractivity contribution in [2.45, 2.75) is 143 Å². The lowest BCUT2D eigenvalue weighted by Gasteiger charge is -2.32. The average molecular weight is 1400 g/mol. The zero-order valence-electron chi connectivity index (χ0n) is 60.0. The molecule has 3 saturated heterocycles. The minimum Gasteiger partial charge on any atom is -0.352 e. The minimum atomic E-state index is -0.0565. The van der Waals surface area contributed by atoms with Gasteiger partial charge in [0.25, 0.3) is 17.7 Å². The predicted molar refractivity (Wildman–Crippen MR) is 419 cm³/mol. The maximum absolute atomic E-state index is 13.0. The number of hydrogen-bond acceptors (Lipinski definition) is 6. The molecule has 0 bridgehead atoms. The summed E-state index contributed by atoms with van der Waals surface area (Å²) in [5.74, 6) is 2.93. The number of carbonyl (C=O) groups excluding carboxylic acids is 3. The van der Waals surface area contributed by atoms with Crippen LogP contribution in [0.25, 0.3) is 32.7 Å². The highest BCUT2D eigenvalue weighted by Crippen LogP contribution is 2.29. The van der Waals surface area contributed by atoms with Crippen molar-refractivity contribution in [1.82, 2.24) is 44.4 Å². The molecule has 0 aliphatic carbocycles. The predicted octanol–water partition coefficient (Wildman–Crippen LogP) is 18.5. The van der Waals surface area contributed by atoms with Crippen molar-refractivity contribution in [3.63, 3.8) is 0 Å². The molecule has 3 fully saturated rings. The molecule has 532 valence electrons. The van der Waals surface area contributed by atoms with Crippen molar-refractivity contribution in [1.29, 1.82) is 0 Å². The van der Waals surface area contributed by atoms with E-state index in [1.54, 1.807) is 0 Å². The molecular weight excluding hydrogens is 1290 g/mol. The van der Waals surface area contributed by atoms with Crippen molar-refractivity contribution in [3.05, 3.63) is 250 Å². The van der Waals surface area contributed by atoms with Crippen molar-refractivity contribution < 1.29 is 14.4 Å². The third-order valence-electron chi connectivity index (χ3n) is 21.0. The Morgan fingerprint density at radius 1 is 0.406 bits per heavy atom. The second-order valence-corrected chi connectivity index (χ2v) is 29.7. The summed E-state index contributed by atoms with van der Waals surface area (Å²) in [6, 6.07) is 61.7. The maximum atomic E-state index is 13.0. The smallest absolute Gasteiger partial charge is 0.253 e. The van der Waals surface area contributed by atoms with Crippen molar-refractivity contribution in [3.8, 4) is 0 Å². The van der Waals surface area contributed by atoms with Gasteiger partial charge >= 0.3 is 0 Å². The van der Waals surface area contributed by atoms with Crippen LogP contribution in [0.15, 0.2) is 201 Å². The Balaban J connectivity index is 0.000000153. The minimum absolute atomic E-state index is 0.0362. The van der Waals surface area contributed by atoms with Crippen LogP contribution in [-0.4, -0.2) is 112 Å². The number of aryl methyl sites for hydroxylation is 3. The Morgan fingerprint density at radius 3 is 1.20 bits per heavy atom. The third-order valence-corrected chi connectivity index (χ3v) is 21.6. The number of para-hydroxylation sites is 3. The molecule has 6 heterocycles. The van der Waals surface area contributed by atoms with Crippen molar-refractivity contribution in [2.75, 3.05) is 65.4 Å². The molecule has 13 rings (SSSR count). The fourth-order valence-electron chi connectivity index (χ4n) is 15.1. The highest BCUT2D eigenvalue weighted by Gasteiger charge is 2.24. The van der Waals surface area contributed by atoms with Gasteiger partial charge in [-0.3, -0.25) is 14.4 Å². The van der Waals surface area contributed by atoms with Crippen LogP contribution < -0.4 is 16.0 Å². The fourth-order valence-corrected chi connectivity index (χ4v) is 15.5. The monoisotopic (exact) mass is 1400 g/mol. The van der Waals surface area contributed by atoms with Gasteiger partial charge < -0.3 is 44.4 Å². The SMILES string of the molecule is CC(C)CNC(=O)c1cn(CCCN2CCC(Cc3ccccc3)CC2)c2ccccc12.CCCCC1CCN(CCCn2cc(C(=O)NCc3ccccc3Cl)c3ccccc32)CC1.O=C(NCc1ccc(Cl)cc1)c1cn(CCCN2CCC(Cc3ccccc3)CC2)c2ccccc12. The van der Waals surface area contributed by atoms with E-state index in [-0.39, 0.29) is 17.7 Å². The number of halogens is 2. The van der Waals surface area contributed by atoms with Crippen LogP contribution in [0.2, 0.25) is 10.0 Å². The summed E-state index contributed by atoms with van der Waals surface area (Å²) in [5.41, 5.74) is 10.6. The molecule has 10 aromatic rings. The van der Waals surface area contributed by atoms with E-state index in [0.717, 1.165) is 137 Å². The molecule has 3 aliphatic heterocycles. The number of fused-ring (bicyclic) bond motifs is 3. The van der Waals surface area contributed by atoms with Gasteiger partial charge in [-0.15, -0.1) is 0 Å². The molecule has 14 heteroatoms. The van der Waals surface area contributed by atoms with E-state index in [9.17, 15) is 14.4 Å². The van der Waals surface area contributed by atoms with E-state index < -0.39 is 0 Å². The van der Waals surface area contributed by atoms with Gasteiger partial charge in [0.15, 0.2) is 0 Å². The van der Waals surface area contributed by atoms with E-state index in [2.05, 4.69) is 156 Å².